The summed E-state index contributed by atoms with van der Waals surface area (Å²) in [6.07, 6.45) is 2.35. The fourth-order valence-electron chi connectivity index (χ4n) is 3.34. The van der Waals surface area contributed by atoms with Crippen molar-refractivity contribution in [3.63, 3.8) is 0 Å². The van der Waals surface area contributed by atoms with Gasteiger partial charge in [0.25, 0.3) is 11.6 Å². The van der Waals surface area contributed by atoms with Crippen LogP contribution in [-0.2, 0) is 13.0 Å². The van der Waals surface area contributed by atoms with Crippen LogP contribution >= 0.6 is 0 Å². The maximum atomic E-state index is 11.8. The Morgan fingerprint density at radius 1 is 1.22 bits per heavy atom. The van der Waals surface area contributed by atoms with Crippen LogP contribution in [0.4, 0.5) is 0 Å². The zero-order valence-electron chi connectivity index (χ0n) is 15.5. The van der Waals surface area contributed by atoms with E-state index in [1.165, 1.54) is 11.1 Å². The van der Waals surface area contributed by atoms with Gasteiger partial charge < -0.3 is 9.47 Å². The van der Waals surface area contributed by atoms with Crippen LogP contribution in [0.15, 0.2) is 59.5 Å². The molecule has 1 atom stereocenters. The molecule has 1 aliphatic rings. The summed E-state index contributed by atoms with van der Waals surface area (Å²) in [5.74, 6) is 0.809. The first-order valence-corrected chi connectivity index (χ1v) is 9.20. The van der Waals surface area contributed by atoms with Gasteiger partial charge in [-0.2, -0.15) is 4.98 Å². The van der Waals surface area contributed by atoms with E-state index in [2.05, 4.69) is 30.1 Å². The predicted molar refractivity (Wildman–Crippen MR) is 104 cm³/mol. The Bertz CT molecular complexity index is 1010. The molecule has 5 nitrogen and oxygen atoms in total. The molecule has 0 bridgehead atoms. The van der Waals surface area contributed by atoms with Gasteiger partial charge in [-0.25, -0.2) is 0 Å². The van der Waals surface area contributed by atoms with Crippen LogP contribution in [0.1, 0.15) is 18.1 Å². The van der Waals surface area contributed by atoms with Gasteiger partial charge in [0.2, 0.25) is 0 Å². The molecule has 0 saturated heterocycles. The number of nitrogens with zero attached hydrogens (tertiary/aromatic N) is 2. The molecular formula is C22H22N2O3. The van der Waals surface area contributed by atoms with Gasteiger partial charge in [0.1, 0.15) is 12.4 Å². The minimum atomic E-state index is -0.211. The Kier molecular flexibility index (Phi) is 4.67. The van der Waals surface area contributed by atoms with Crippen molar-refractivity contribution in [1.82, 2.24) is 9.55 Å². The number of aryl methyl sites for hydroxylation is 2. The molecule has 5 heteroatoms. The summed E-state index contributed by atoms with van der Waals surface area (Å²) < 4.78 is 13.6. The summed E-state index contributed by atoms with van der Waals surface area (Å²) in [4.78, 5) is 15.9. The average Bonchev–Trinajstić information content (AvgIpc) is 3.08. The molecule has 1 unspecified atom stereocenters. The number of fused-ring (bicyclic) bond motifs is 1. The van der Waals surface area contributed by atoms with Gasteiger partial charge >= 0.3 is 0 Å². The van der Waals surface area contributed by atoms with Crippen molar-refractivity contribution in [2.45, 2.75) is 32.9 Å². The molecule has 0 fully saturated rings. The molecule has 0 spiro atoms. The zero-order valence-corrected chi connectivity index (χ0v) is 15.5. The van der Waals surface area contributed by atoms with Crippen LogP contribution in [0.2, 0.25) is 0 Å². The Labute approximate surface area is 158 Å². The lowest BCUT2D eigenvalue weighted by Crippen LogP contribution is -2.23. The lowest BCUT2D eigenvalue weighted by Gasteiger charge is -2.13. The molecular weight excluding hydrogens is 340 g/mol. The highest BCUT2D eigenvalue weighted by molar-refractivity contribution is 5.67. The maximum Gasteiger partial charge on any atom is 0.300 e. The van der Waals surface area contributed by atoms with Crippen molar-refractivity contribution in [2.75, 3.05) is 6.61 Å². The Hall–Kier alpha value is -3.08. The highest BCUT2D eigenvalue weighted by atomic mass is 16.6. The molecule has 0 amide bonds. The lowest BCUT2D eigenvalue weighted by atomic mass is 10.0. The van der Waals surface area contributed by atoms with Gasteiger partial charge in [0, 0.05) is 11.8 Å². The number of ether oxygens (including phenoxy) is 2. The molecule has 1 aliphatic heterocycles. The molecule has 1 aromatic heterocycles. The molecule has 0 radical (unpaired) electrons. The molecule has 4 rings (SSSR count). The summed E-state index contributed by atoms with van der Waals surface area (Å²) >= 11 is 0. The standard InChI is InChI=1S/C22H22N2O3/c1-3-16-12-24-13-19(27-22(24)23-21(16)25)14-26-18-9-10-20(15(2)11-18)17-7-5-4-6-8-17/h4-12,19H,3,13-14H2,1-2H3. The van der Waals surface area contributed by atoms with E-state index in [1.54, 1.807) is 0 Å². The number of hydrogen-bond donors (Lipinski definition) is 0. The monoisotopic (exact) mass is 362 g/mol. The highest BCUT2D eigenvalue weighted by Gasteiger charge is 2.25. The topological polar surface area (TPSA) is 53.4 Å². The molecule has 3 aromatic rings. The molecule has 2 heterocycles. The van der Waals surface area contributed by atoms with Crippen LogP contribution in [0.5, 0.6) is 11.8 Å². The smallest absolute Gasteiger partial charge is 0.300 e. The van der Waals surface area contributed by atoms with Gasteiger partial charge in [0.15, 0.2) is 6.10 Å². The summed E-state index contributed by atoms with van der Waals surface area (Å²) in [5.41, 5.74) is 4.04. The molecule has 27 heavy (non-hydrogen) atoms. The van der Waals surface area contributed by atoms with Crippen molar-refractivity contribution in [3.05, 3.63) is 76.2 Å². The van der Waals surface area contributed by atoms with Gasteiger partial charge in [-0.3, -0.25) is 9.36 Å². The van der Waals surface area contributed by atoms with Crippen LogP contribution in [0, 0.1) is 6.92 Å². The maximum absolute atomic E-state index is 11.8. The first kappa shape index (κ1) is 17.3. The summed E-state index contributed by atoms with van der Waals surface area (Å²) in [6, 6.07) is 16.8. The SMILES string of the molecule is CCc1cn2c(nc1=O)OC(COc1ccc(-c3ccccc3)c(C)c1)C2. The summed E-state index contributed by atoms with van der Waals surface area (Å²) in [5, 5.41) is 0. The van der Waals surface area contributed by atoms with Crippen molar-refractivity contribution in [2.24, 2.45) is 0 Å². The van der Waals surface area contributed by atoms with E-state index in [0.29, 0.717) is 31.1 Å². The van der Waals surface area contributed by atoms with Crippen molar-refractivity contribution in [3.8, 4) is 22.9 Å². The fraction of sp³-hybridized carbons (Fsp3) is 0.273. The van der Waals surface area contributed by atoms with E-state index in [-0.39, 0.29) is 11.7 Å². The minimum absolute atomic E-state index is 0.155. The number of rotatable bonds is 5. The summed E-state index contributed by atoms with van der Waals surface area (Å²) in [6.45, 7) is 5.07. The second-order valence-corrected chi connectivity index (χ2v) is 6.75. The van der Waals surface area contributed by atoms with Crippen LogP contribution < -0.4 is 15.0 Å². The van der Waals surface area contributed by atoms with Crippen molar-refractivity contribution in [1.29, 1.82) is 0 Å². The van der Waals surface area contributed by atoms with Crippen molar-refractivity contribution >= 4 is 0 Å². The molecule has 0 aliphatic carbocycles. The van der Waals surface area contributed by atoms with E-state index in [9.17, 15) is 4.79 Å². The fourth-order valence-corrected chi connectivity index (χ4v) is 3.34. The third kappa shape index (κ3) is 3.58. The summed E-state index contributed by atoms with van der Waals surface area (Å²) in [7, 11) is 0. The van der Waals surface area contributed by atoms with E-state index >= 15 is 0 Å². The Morgan fingerprint density at radius 2 is 2.04 bits per heavy atom. The van der Waals surface area contributed by atoms with Gasteiger partial charge in [0.05, 0.1) is 6.54 Å². The quantitative estimate of drug-likeness (QED) is 0.696. The van der Waals surface area contributed by atoms with E-state index in [0.717, 1.165) is 11.3 Å². The number of benzene rings is 2. The van der Waals surface area contributed by atoms with Crippen molar-refractivity contribution < 1.29 is 9.47 Å². The van der Waals surface area contributed by atoms with Gasteiger partial charge in [-0.05, 0) is 42.2 Å². The van der Waals surface area contributed by atoms with E-state index in [4.69, 9.17) is 9.47 Å². The van der Waals surface area contributed by atoms with E-state index in [1.807, 2.05) is 48.0 Å². The van der Waals surface area contributed by atoms with Gasteiger partial charge in [-0.15, -0.1) is 0 Å². The van der Waals surface area contributed by atoms with Crippen LogP contribution in [-0.4, -0.2) is 22.3 Å². The zero-order chi connectivity index (χ0) is 18.8. The first-order valence-electron chi connectivity index (χ1n) is 9.20. The highest BCUT2D eigenvalue weighted by Crippen LogP contribution is 2.27. The molecule has 0 N–H and O–H groups in total. The van der Waals surface area contributed by atoms with E-state index < -0.39 is 0 Å². The minimum Gasteiger partial charge on any atom is -0.490 e. The number of hydrogen-bond acceptors (Lipinski definition) is 4. The molecule has 2 aromatic carbocycles. The second-order valence-electron chi connectivity index (χ2n) is 6.75. The van der Waals surface area contributed by atoms with Crippen LogP contribution in [0.25, 0.3) is 11.1 Å². The van der Waals surface area contributed by atoms with Crippen LogP contribution in [0.3, 0.4) is 0 Å². The lowest BCUT2D eigenvalue weighted by molar-refractivity contribution is 0.143. The Balaban J connectivity index is 1.42. The third-order valence-corrected chi connectivity index (χ3v) is 4.80. The average molecular weight is 362 g/mol. The molecule has 0 saturated carbocycles. The Morgan fingerprint density at radius 3 is 2.78 bits per heavy atom. The number of aromatic nitrogens is 2. The first-order chi connectivity index (χ1) is 13.1. The van der Waals surface area contributed by atoms with Gasteiger partial charge in [-0.1, -0.05) is 43.3 Å². The second kappa shape index (κ2) is 7.27. The largest absolute Gasteiger partial charge is 0.490 e. The predicted octanol–water partition coefficient (Wildman–Crippen LogP) is 3.62. The molecule has 138 valence electrons. The third-order valence-electron chi connectivity index (χ3n) is 4.80. The normalized spacial score (nSPS) is 15.3.